The number of likely N-dealkylation sites (tertiary alicyclic amines) is 2. The number of carbonyl (C=O) groups is 2. The van der Waals surface area contributed by atoms with Gasteiger partial charge in [0.1, 0.15) is 5.75 Å². The number of nitrogens with one attached hydrogen (secondary N) is 1. The molecule has 0 spiro atoms. The van der Waals surface area contributed by atoms with Gasteiger partial charge in [-0.05, 0) is 61.2 Å². The monoisotopic (exact) mass is 503 g/mol. The van der Waals surface area contributed by atoms with Gasteiger partial charge in [0.25, 0.3) is 0 Å². The lowest BCUT2D eigenvalue weighted by atomic mass is 9.97. The molecule has 1 aromatic heterocycles. The summed E-state index contributed by atoms with van der Waals surface area (Å²) in [5, 5.41) is 7.25. The number of piperidine rings is 1. The van der Waals surface area contributed by atoms with Crippen LogP contribution in [-0.4, -0.2) is 58.5 Å². The summed E-state index contributed by atoms with van der Waals surface area (Å²) in [5.41, 5.74) is 3.01. The van der Waals surface area contributed by atoms with E-state index in [1.54, 1.807) is 7.11 Å². The zero-order valence-electron chi connectivity index (χ0n) is 21.2. The Bertz CT molecular complexity index is 1230. The van der Waals surface area contributed by atoms with Crippen molar-refractivity contribution in [3.63, 3.8) is 0 Å². The highest BCUT2D eigenvalue weighted by atomic mass is 16.5. The Hall–Kier alpha value is -3.72. The molecule has 2 amide bonds. The molecule has 3 aromatic rings. The summed E-state index contributed by atoms with van der Waals surface area (Å²) in [4.78, 5) is 33.8. The van der Waals surface area contributed by atoms with Crippen LogP contribution < -0.4 is 10.1 Å². The first-order valence-corrected chi connectivity index (χ1v) is 12.9. The third-order valence-corrected chi connectivity index (χ3v) is 7.16. The molecule has 37 heavy (non-hydrogen) atoms. The zero-order valence-corrected chi connectivity index (χ0v) is 21.2. The van der Waals surface area contributed by atoms with E-state index in [-0.39, 0.29) is 17.7 Å². The predicted molar refractivity (Wildman–Crippen MR) is 137 cm³/mol. The van der Waals surface area contributed by atoms with Gasteiger partial charge in [0.05, 0.1) is 19.6 Å². The van der Waals surface area contributed by atoms with Crippen molar-refractivity contribution in [2.45, 2.75) is 45.3 Å². The van der Waals surface area contributed by atoms with Crippen molar-refractivity contribution in [3.8, 4) is 17.1 Å². The van der Waals surface area contributed by atoms with Crippen LogP contribution in [0.25, 0.3) is 11.4 Å². The van der Waals surface area contributed by atoms with Crippen LogP contribution in [0.4, 0.5) is 0 Å². The number of benzene rings is 2. The van der Waals surface area contributed by atoms with Crippen LogP contribution in [0.1, 0.15) is 42.7 Å². The Morgan fingerprint density at radius 1 is 1.08 bits per heavy atom. The van der Waals surface area contributed by atoms with E-state index in [1.165, 1.54) is 0 Å². The van der Waals surface area contributed by atoms with E-state index in [0.29, 0.717) is 44.3 Å². The summed E-state index contributed by atoms with van der Waals surface area (Å²) in [6.45, 7) is 3.92. The second-order valence-electron chi connectivity index (χ2n) is 9.72. The largest absolute Gasteiger partial charge is 0.497 e. The molecular weight excluding hydrogens is 470 g/mol. The van der Waals surface area contributed by atoms with Gasteiger partial charge in [0.15, 0.2) is 0 Å². The Morgan fingerprint density at radius 3 is 2.65 bits per heavy atom. The number of rotatable bonds is 9. The second-order valence-corrected chi connectivity index (χ2v) is 9.72. The number of methoxy groups -OCH3 is 1. The predicted octanol–water partition coefficient (Wildman–Crippen LogP) is 3.40. The van der Waals surface area contributed by atoms with Gasteiger partial charge in [0, 0.05) is 38.2 Å². The molecule has 2 aromatic carbocycles. The zero-order chi connectivity index (χ0) is 25.6. The van der Waals surface area contributed by atoms with E-state index in [9.17, 15) is 9.59 Å². The topological polar surface area (TPSA) is 101 Å². The van der Waals surface area contributed by atoms with Crippen LogP contribution in [0, 0.1) is 5.92 Å². The average Bonchev–Trinajstić information content (AvgIpc) is 3.57. The quantitative estimate of drug-likeness (QED) is 0.478. The molecule has 0 saturated carbocycles. The lowest BCUT2D eigenvalue weighted by Crippen LogP contribution is -2.42. The number of aromatic nitrogens is 2. The Morgan fingerprint density at radius 2 is 1.89 bits per heavy atom. The first-order chi connectivity index (χ1) is 18.1. The summed E-state index contributed by atoms with van der Waals surface area (Å²) in [6, 6.07) is 15.6. The van der Waals surface area contributed by atoms with Crippen molar-refractivity contribution in [1.82, 2.24) is 25.3 Å². The minimum Gasteiger partial charge on any atom is -0.497 e. The first-order valence-electron chi connectivity index (χ1n) is 12.9. The third kappa shape index (κ3) is 6.17. The molecule has 0 radical (unpaired) electrons. The van der Waals surface area contributed by atoms with E-state index in [2.05, 4.69) is 20.4 Å². The van der Waals surface area contributed by atoms with Crippen LogP contribution in [0.5, 0.6) is 5.75 Å². The molecule has 194 valence electrons. The number of carbonyl (C=O) groups excluding carboxylic acids is 2. The molecule has 1 atom stereocenters. The molecule has 1 unspecified atom stereocenters. The molecule has 0 bridgehead atoms. The van der Waals surface area contributed by atoms with E-state index >= 15 is 0 Å². The van der Waals surface area contributed by atoms with Crippen LogP contribution in [0.2, 0.25) is 0 Å². The lowest BCUT2D eigenvalue weighted by molar-refractivity contribution is -0.128. The summed E-state index contributed by atoms with van der Waals surface area (Å²) in [5.74, 6) is 2.02. The summed E-state index contributed by atoms with van der Waals surface area (Å²) >= 11 is 0. The maximum Gasteiger partial charge on any atom is 0.241 e. The molecule has 9 heteroatoms. The molecule has 2 saturated heterocycles. The number of hydrogen-bond acceptors (Lipinski definition) is 7. The first kappa shape index (κ1) is 25.0. The van der Waals surface area contributed by atoms with E-state index in [1.807, 2.05) is 53.4 Å². The molecule has 3 heterocycles. The van der Waals surface area contributed by atoms with Gasteiger partial charge in [-0.15, -0.1) is 0 Å². The summed E-state index contributed by atoms with van der Waals surface area (Å²) in [7, 11) is 1.63. The highest BCUT2D eigenvalue weighted by Gasteiger charge is 2.27. The fourth-order valence-corrected chi connectivity index (χ4v) is 5.07. The van der Waals surface area contributed by atoms with Crippen LogP contribution >= 0.6 is 0 Å². The Balaban J connectivity index is 1.14. The Kier molecular flexibility index (Phi) is 7.79. The molecule has 9 nitrogen and oxygen atoms in total. The highest BCUT2D eigenvalue weighted by Crippen LogP contribution is 2.23. The molecule has 0 aliphatic carbocycles. The summed E-state index contributed by atoms with van der Waals surface area (Å²) < 4.78 is 10.7. The number of hydrogen-bond donors (Lipinski definition) is 1. The summed E-state index contributed by atoms with van der Waals surface area (Å²) in [6.07, 6.45) is 3.34. The third-order valence-electron chi connectivity index (χ3n) is 7.16. The minimum atomic E-state index is -0.0925. The van der Waals surface area contributed by atoms with Gasteiger partial charge < -0.3 is 19.5 Å². The van der Waals surface area contributed by atoms with E-state index in [4.69, 9.17) is 9.26 Å². The van der Waals surface area contributed by atoms with E-state index < -0.39 is 0 Å². The minimum absolute atomic E-state index is 0.0567. The number of amides is 2. The number of ether oxygens (including phenoxy) is 1. The van der Waals surface area contributed by atoms with Gasteiger partial charge in [-0.3, -0.25) is 14.5 Å². The molecule has 2 aliphatic rings. The average molecular weight is 504 g/mol. The van der Waals surface area contributed by atoms with Crippen molar-refractivity contribution < 1.29 is 18.8 Å². The normalized spacial score (nSPS) is 18.2. The van der Waals surface area contributed by atoms with Crippen molar-refractivity contribution in [2.24, 2.45) is 5.92 Å². The molecule has 5 rings (SSSR count). The lowest BCUT2D eigenvalue weighted by Gasteiger charge is -2.31. The smallest absolute Gasteiger partial charge is 0.241 e. The Labute approximate surface area is 216 Å². The van der Waals surface area contributed by atoms with Crippen LogP contribution in [0.3, 0.4) is 0 Å². The van der Waals surface area contributed by atoms with Gasteiger partial charge in [0.2, 0.25) is 23.5 Å². The van der Waals surface area contributed by atoms with Crippen molar-refractivity contribution in [1.29, 1.82) is 0 Å². The SMILES string of the molecule is COc1ccc(-c2noc(CN3CCCC(C(=O)NCc4ccccc4CN4CCCC4=O)C3)n2)cc1. The van der Waals surface area contributed by atoms with Crippen molar-refractivity contribution in [3.05, 3.63) is 65.5 Å². The fourth-order valence-electron chi connectivity index (χ4n) is 5.07. The maximum atomic E-state index is 13.1. The maximum absolute atomic E-state index is 13.1. The van der Waals surface area contributed by atoms with Crippen LogP contribution in [0.15, 0.2) is 53.1 Å². The molecule has 2 aliphatic heterocycles. The van der Waals surface area contributed by atoms with Gasteiger partial charge >= 0.3 is 0 Å². The van der Waals surface area contributed by atoms with Crippen molar-refractivity contribution >= 4 is 11.8 Å². The van der Waals surface area contributed by atoms with E-state index in [0.717, 1.165) is 54.8 Å². The highest BCUT2D eigenvalue weighted by molar-refractivity contribution is 5.79. The van der Waals surface area contributed by atoms with Crippen LogP contribution in [-0.2, 0) is 29.2 Å². The second kappa shape index (κ2) is 11.6. The van der Waals surface area contributed by atoms with Gasteiger partial charge in [-0.25, -0.2) is 0 Å². The fraction of sp³-hybridized carbons (Fsp3) is 0.429. The van der Waals surface area contributed by atoms with Gasteiger partial charge in [-0.1, -0.05) is 29.4 Å². The van der Waals surface area contributed by atoms with Gasteiger partial charge in [-0.2, -0.15) is 4.98 Å². The molecular formula is C28H33N5O4. The molecule has 2 fully saturated rings. The standard InChI is InChI=1S/C28H33N5O4/c1-36-24-12-10-20(11-13-24)27-30-25(37-31-27)19-32-14-4-8-23(17-32)28(35)29-16-21-6-2-3-7-22(21)18-33-15-5-9-26(33)34/h2-3,6-7,10-13,23H,4-5,8-9,14-19H2,1H3,(H,29,35). The molecule has 1 N–H and O–H groups in total. The van der Waals surface area contributed by atoms with Crippen molar-refractivity contribution in [2.75, 3.05) is 26.7 Å². The number of nitrogens with zero attached hydrogens (tertiary/aromatic N) is 4.